The molecule has 0 aliphatic carbocycles. The maximum Gasteiger partial charge on any atom is 0.118 e. The van der Waals surface area contributed by atoms with Crippen molar-refractivity contribution in [1.29, 1.82) is 0 Å². The van der Waals surface area contributed by atoms with Crippen molar-refractivity contribution in [3.63, 3.8) is 0 Å². The Kier molecular flexibility index (Phi) is 7.61. The van der Waals surface area contributed by atoms with Gasteiger partial charge in [-0.2, -0.15) is 0 Å². The summed E-state index contributed by atoms with van der Waals surface area (Å²) < 4.78 is 5.16. The van der Waals surface area contributed by atoms with Crippen molar-refractivity contribution in [1.82, 2.24) is 10.2 Å². The molecule has 0 bridgehead atoms. The molecule has 0 atom stereocenters. The summed E-state index contributed by atoms with van der Waals surface area (Å²) in [5.41, 5.74) is 1.32. The second kappa shape index (κ2) is 9.80. The van der Waals surface area contributed by atoms with Crippen LogP contribution in [0.15, 0.2) is 24.3 Å². The van der Waals surface area contributed by atoms with E-state index in [0.717, 1.165) is 18.8 Å². The molecule has 0 aromatic heterocycles. The first-order valence-corrected chi connectivity index (χ1v) is 8.26. The van der Waals surface area contributed by atoms with E-state index in [1.165, 1.54) is 57.3 Å². The van der Waals surface area contributed by atoms with E-state index in [1.807, 2.05) is 12.1 Å². The van der Waals surface area contributed by atoms with Gasteiger partial charge < -0.3 is 15.0 Å². The topological polar surface area (TPSA) is 24.5 Å². The first kappa shape index (κ1) is 16.3. The minimum Gasteiger partial charge on any atom is -0.497 e. The largest absolute Gasteiger partial charge is 0.497 e. The Hall–Kier alpha value is -1.06. The fourth-order valence-corrected chi connectivity index (χ4v) is 2.77. The molecule has 1 fully saturated rings. The molecule has 0 amide bonds. The van der Waals surface area contributed by atoms with Crippen molar-refractivity contribution in [3.8, 4) is 5.75 Å². The van der Waals surface area contributed by atoms with Gasteiger partial charge in [-0.15, -0.1) is 0 Å². The highest BCUT2D eigenvalue weighted by molar-refractivity contribution is 5.26. The molecule has 1 aromatic carbocycles. The number of hydrogen-bond donors (Lipinski definition) is 1. The van der Waals surface area contributed by atoms with Gasteiger partial charge in [0.1, 0.15) is 5.75 Å². The molecule has 0 spiro atoms. The average Bonchev–Trinajstić information content (AvgIpc) is 2.55. The van der Waals surface area contributed by atoms with Crippen LogP contribution in [0.2, 0.25) is 0 Å². The number of rotatable bonds is 9. The minimum atomic E-state index is 0.925. The Morgan fingerprint density at radius 3 is 2.52 bits per heavy atom. The number of piperidine rings is 1. The number of hydrogen-bond acceptors (Lipinski definition) is 3. The first-order valence-electron chi connectivity index (χ1n) is 8.26. The Balaban J connectivity index is 1.46. The van der Waals surface area contributed by atoms with Crippen LogP contribution in [-0.4, -0.2) is 38.2 Å². The zero-order valence-corrected chi connectivity index (χ0v) is 13.3. The van der Waals surface area contributed by atoms with Crippen molar-refractivity contribution in [2.75, 3.05) is 33.3 Å². The van der Waals surface area contributed by atoms with Crippen molar-refractivity contribution >= 4 is 0 Å². The highest BCUT2D eigenvalue weighted by Gasteiger charge is 2.08. The quantitative estimate of drug-likeness (QED) is 0.706. The lowest BCUT2D eigenvalue weighted by molar-refractivity contribution is 0.248. The summed E-state index contributed by atoms with van der Waals surface area (Å²) in [5, 5.41) is 3.52. The molecule has 3 heteroatoms. The van der Waals surface area contributed by atoms with E-state index in [-0.39, 0.29) is 0 Å². The monoisotopic (exact) mass is 289 g/mol. The van der Waals surface area contributed by atoms with Crippen LogP contribution in [0.3, 0.4) is 0 Å². The maximum atomic E-state index is 5.16. The summed E-state index contributed by atoms with van der Waals surface area (Å²) >= 11 is 0. The van der Waals surface area contributed by atoms with Crippen LogP contribution in [0.1, 0.15) is 37.7 Å². The average molecular weight is 289 g/mol. The van der Waals surface area contributed by atoms with E-state index in [0.29, 0.717) is 0 Å². The molecule has 0 saturated carbocycles. The van der Waals surface area contributed by atoms with Gasteiger partial charge in [-0.1, -0.05) is 18.6 Å². The summed E-state index contributed by atoms with van der Waals surface area (Å²) in [6, 6.07) is 8.29. The molecule has 1 aromatic rings. The Labute approximate surface area is 129 Å². The smallest absolute Gasteiger partial charge is 0.118 e. The van der Waals surface area contributed by atoms with Gasteiger partial charge in [0.25, 0.3) is 0 Å². The molecule has 2 rings (SSSR count). The van der Waals surface area contributed by atoms with Crippen molar-refractivity contribution < 1.29 is 4.74 Å². The van der Waals surface area contributed by atoms with Crippen LogP contribution in [0, 0.1) is 6.42 Å². The molecule has 0 unspecified atom stereocenters. The summed E-state index contributed by atoms with van der Waals surface area (Å²) in [7, 11) is 1.70. The molecular formula is C18H29N2O. The summed E-state index contributed by atoms with van der Waals surface area (Å²) in [4.78, 5) is 2.60. The molecule has 21 heavy (non-hydrogen) atoms. The summed E-state index contributed by atoms with van der Waals surface area (Å²) in [5.74, 6) is 0.925. The van der Waals surface area contributed by atoms with Gasteiger partial charge in [-0.25, -0.2) is 0 Å². The Morgan fingerprint density at radius 1 is 1.05 bits per heavy atom. The third-order valence-corrected chi connectivity index (χ3v) is 4.11. The van der Waals surface area contributed by atoms with Gasteiger partial charge in [-0.3, -0.25) is 0 Å². The second-order valence-electron chi connectivity index (χ2n) is 5.79. The van der Waals surface area contributed by atoms with Crippen LogP contribution in [0.4, 0.5) is 0 Å². The van der Waals surface area contributed by atoms with Gasteiger partial charge in [-0.05, 0) is 76.0 Å². The van der Waals surface area contributed by atoms with Crippen LogP contribution < -0.4 is 10.1 Å². The minimum absolute atomic E-state index is 0.925. The molecule has 1 radical (unpaired) electrons. The van der Waals surface area contributed by atoms with E-state index in [1.54, 1.807) is 7.11 Å². The van der Waals surface area contributed by atoms with Crippen molar-refractivity contribution in [3.05, 3.63) is 36.2 Å². The third-order valence-electron chi connectivity index (χ3n) is 4.11. The normalized spacial score (nSPS) is 16.0. The number of nitrogens with zero attached hydrogens (tertiary/aromatic N) is 1. The number of likely N-dealkylation sites (tertiary alicyclic amines) is 1. The Morgan fingerprint density at radius 2 is 1.81 bits per heavy atom. The molecule has 1 aliphatic heterocycles. The molecule has 1 heterocycles. The zero-order valence-electron chi connectivity index (χ0n) is 13.3. The van der Waals surface area contributed by atoms with Gasteiger partial charge >= 0.3 is 0 Å². The lowest BCUT2D eigenvalue weighted by atomic mass is 10.1. The molecule has 1 saturated heterocycles. The second-order valence-corrected chi connectivity index (χ2v) is 5.79. The highest BCUT2D eigenvalue weighted by atomic mass is 16.5. The Bertz CT molecular complexity index is 371. The van der Waals surface area contributed by atoms with Gasteiger partial charge in [0.15, 0.2) is 0 Å². The number of ether oxygens (including phenoxy) is 1. The van der Waals surface area contributed by atoms with Gasteiger partial charge in [0, 0.05) is 6.54 Å². The van der Waals surface area contributed by atoms with Crippen LogP contribution in [0.25, 0.3) is 0 Å². The van der Waals surface area contributed by atoms with E-state index < -0.39 is 0 Å². The summed E-state index contributed by atoms with van der Waals surface area (Å²) in [6.07, 6.45) is 8.92. The van der Waals surface area contributed by atoms with Crippen LogP contribution in [-0.2, 0) is 6.54 Å². The molecule has 3 nitrogen and oxygen atoms in total. The predicted molar refractivity (Wildman–Crippen MR) is 88.5 cm³/mol. The van der Waals surface area contributed by atoms with Crippen molar-refractivity contribution in [2.45, 2.75) is 38.6 Å². The van der Waals surface area contributed by atoms with Gasteiger partial charge in [0.05, 0.1) is 7.11 Å². The van der Waals surface area contributed by atoms with Crippen molar-refractivity contribution in [2.24, 2.45) is 0 Å². The predicted octanol–water partition coefficient (Wildman–Crippen LogP) is 3.26. The highest BCUT2D eigenvalue weighted by Crippen LogP contribution is 2.11. The number of unbranched alkanes of at least 4 members (excludes halogenated alkanes) is 2. The SMILES string of the molecule is COc1ccc(CNCCCCCN2CC[CH]CC2)cc1. The molecular weight excluding hydrogens is 260 g/mol. The number of benzene rings is 1. The van der Waals surface area contributed by atoms with E-state index in [4.69, 9.17) is 4.74 Å². The zero-order chi connectivity index (χ0) is 14.8. The molecule has 117 valence electrons. The standard InChI is InChI=1S/C18H29N2O/c1-21-18-10-8-17(9-11-18)16-19-12-4-2-5-13-20-14-6-3-7-15-20/h3,8-11,19H,2,4-7,12-16H2,1H3. The maximum absolute atomic E-state index is 5.16. The van der Waals surface area contributed by atoms with E-state index in [2.05, 4.69) is 28.8 Å². The summed E-state index contributed by atoms with van der Waals surface area (Å²) in [6.45, 7) is 5.89. The van der Waals surface area contributed by atoms with Crippen LogP contribution >= 0.6 is 0 Å². The first-order chi connectivity index (χ1) is 10.4. The van der Waals surface area contributed by atoms with E-state index >= 15 is 0 Å². The van der Waals surface area contributed by atoms with Gasteiger partial charge in [0.2, 0.25) is 0 Å². The lowest BCUT2D eigenvalue weighted by Gasteiger charge is -2.26. The molecule has 1 aliphatic rings. The fourth-order valence-electron chi connectivity index (χ4n) is 2.77. The lowest BCUT2D eigenvalue weighted by Crippen LogP contribution is -2.30. The fraction of sp³-hybridized carbons (Fsp3) is 0.611. The number of methoxy groups -OCH3 is 1. The van der Waals surface area contributed by atoms with E-state index in [9.17, 15) is 0 Å². The third kappa shape index (κ3) is 6.49. The van der Waals surface area contributed by atoms with Crippen LogP contribution in [0.5, 0.6) is 5.75 Å². The number of nitrogens with one attached hydrogen (secondary N) is 1. The molecule has 1 N–H and O–H groups in total.